The third kappa shape index (κ3) is 3.25. The van der Waals surface area contributed by atoms with E-state index in [9.17, 15) is 14.7 Å². The van der Waals surface area contributed by atoms with Crippen LogP contribution in [0.1, 0.15) is 20.3 Å². The standard InChI is InChI=1S/C21H21NO4/c1-21(2)11-17(23)16(19(24)18(21)20(25)26-3)12-22-15-9-8-13-6-4-5-7-14(13)10-15/h4-10,12,18,24H,11H2,1-3H3/t18-/m1/s1. The van der Waals surface area contributed by atoms with Crippen LogP contribution in [0.15, 0.2) is 58.8 Å². The van der Waals surface area contributed by atoms with Gasteiger partial charge in [-0.05, 0) is 28.3 Å². The van der Waals surface area contributed by atoms with Crippen molar-refractivity contribution < 1.29 is 19.4 Å². The molecule has 0 heterocycles. The van der Waals surface area contributed by atoms with E-state index in [0.29, 0.717) is 5.69 Å². The summed E-state index contributed by atoms with van der Waals surface area (Å²) >= 11 is 0. The molecule has 0 saturated carbocycles. The monoisotopic (exact) mass is 351 g/mol. The Morgan fingerprint density at radius 2 is 1.92 bits per heavy atom. The summed E-state index contributed by atoms with van der Waals surface area (Å²) in [5.74, 6) is -1.96. The van der Waals surface area contributed by atoms with E-state index in [2.05, 4.69) is 4.99 Å². The van der Waals surface area contributed by atoms with Gasteiger partial charge in [-0.1, -0.05) is 44.2 Å². The second kappa shape index (κ2) is 6.75. The van der Waals surface area contributed by atoms with Crippen molar-refractivity contribution in [2.75, 3.05) is 7.11 Å². The zero-order valence-corrected chi connectivity index (χ0v) is 15.0. The number of ether oxygens (including phenoxy) is 1. The second-order valence-corrected chi connectivity index (χ2v) is 7.13. The van der Waals surface area contributed by atoms with Gasteiger partial charge in [0.05, 0.1) is 18.4 Å². The average Bonchev–Trinajstić information content (AvgIpc) is 2.60. The number of carbonyl (C=O) groups excluding carboxylic acids is 2. The van der Waals surface area contributed by atoms with Crippen LogP contribution < -0.4 is 0 Å². The van der Waals surface area contributed by atoms with Gasteiger partial charge in [-0.25, -0.2) is 0 Å². The SMILES string of the molecule is COC(=O)[C@H]1C(O)=C(C=Nc2ccc3ccccc3c2)C(=O)CC1(C)C. The molecule has 3 rings (SSSR count). The molecule has 5 nitrogen and oxygen atoms in total. The van der Waals surface area contributed by atoms with E-state index in [4.69, 9.17) is 4.74 Å². The van der Waals surface area contributed by atoms with Crippen LogP contribution in [0.3, 0.4) is 0 Å². The van der Waals surface area contributed by atoms with Gasteiger partial charge in [0.1, 0.15) is 11.7 Å². The lowest BCUT2D eigenvalue weighted by Gasteiger charge is -2.35. The fraction of sp³-hybridized carbons (Fsp3) is 0.286. The summed E-state index contributed by atoms with van der Waals surface area (Å²) in [7, 11) is 1.27. The molecule has 0 saturated heterocycles. The number of methoxy groups -OCH3 is 1. The van der Waals surface area contributed by atoms with Gasteiger partial charge in [-0.2, -0.15) is 0 Å². The highest BCUT2D eigenvalue weighted by Gasteiger charge is 2.46. The van der Waals surface area contributed by atoms with Crippen LogP contribution in [0.4, 0.5) is 5.69 Å². The van der Waals surface area contributed by atoms with Crippen LogP contribution in [0.2, 0.25) is 0 Å². The molecule has 0 unspecified atom stereocenters. The molecular weight excluding hydrogens is 330 g/mol. The lowest BCUT2D eigenvalue weighted by Crippen LogP contribution is -2.40. The van der Waals surface area contributed by atoms with Gasteiger partial charge in [-0.3, -0.25) is 14.6 Å². The van der Waals surface area contributed by atoms with Crippen LogP contribution in [-0.2, 0) is 14.3 Å². The summed E-state index contributed by atoms with van der Waals surface area (Å²) in [5, 5.41) is 12.7. The zero-order chi connectivity index (χ0) is 18.9. The lowest BCUT2D eigenvalue weighted by molar-refractivity contribution is -0.150. The highest BCUT2D eigenvalue weighted by molar-refractivity contribution is 6.16. The molecule has 1 atom stereocenters. The fourth-order valence-corrected chi connectivity index (χ4v) is 3.36. The number of rotatable bonds is 3. The number of aliphatic hydroxyl groups is 1. The van der Waals surface area contributed by atoms with E-state index >= 15 is 0 Å². The Hall–Kier alpha value is -2.95. The Kier molecular flexibility index (Phi) is 4.64. The minimum atomic E-state index is -0.886. The molecule has 1 N–H and O–H groups in total. The molecule has 2 aromatic carbocycles. The lowest BCUT2D eigenvalue weighted by atomic mass is 9.68. The van der Waals surface area contributed by atoms with Gasteiger partial charge >= 0.3 is 5.97 Å². The number of benzene rings is 2. The van der Waals surface area contributed by atoms with E-state index in [1.165, 1.54) is 13.3 Å². The molecule has 0 fully saturated rings. The average molecular weight is 351 g/mol. The molecule has 0 amide bonds. The van der Waals surface area contributed by atoms with Crippen LogP contribution in [0, 0.1) is 11.3 Å². The van der Waals surface area contributed by atoms with Crippen molar-refractivity contribution in [3.05, 3.63) is 53.8 Å². The van der Waals surface area contributed by atoms with Crippen LogP contribution >= 0.6 is 0 Å². The zero-order valence-electron chi connectivity index (χ0n) is 15.0. The van der Waals surface area contributed by atoms with Crippen molar-refractivity contribution in [1.82, 2.24) is 0 Å². The molecule has 26 heavy (non-hydrogen) atoms. The first-order valence-electron chi connectivity index (χ1n) is 8.40. The molecule has 5 heteroatoms. The smallest absolute Gasteiger partial charge is 0.316 e. The van der Waals surface area contributed by atoms with Crippen molar-refractivity contribution >= 4 is 34.4 Å². The van der Waals surface area contributed by atoms with Crippen molar-refractivity contribution in [3.63, 3.8) is 0 Å². The van der Waals surface area contributed by atoms with Crippen molar-refractivity contribution in [2.24, 2.45) is 16.3 Å². The Labute approximate surface area is 152 Å². The Bertz CT molecular complexity index is 940. The van der Waals surface area contributed by atoms with E-state index in [0.717, 1.165) is 10.8 Å². The van der Waals surface area contributed by atoms with Gasteiger partial charge in [0, 0.05) is 12.6 Å². The first-order chi connectivity index (χ1) is 12.3. The highest BCUT2D eigenvalue weighted by atomic mass is 16.5. The number of ketones is 1. The maximum Gasteiger partial charge on any atom is 0.316 e. The number of nitrogens with zero attached hydrogens (tertiary/aromatic N) is 1. The van der Waals surface area contributed by atoms with Crippen molar-refractivity contribution in [2.45, 2.75) is 20.3 Å². The van der Waals surface area contributed by atoms with Gasteiger partial charge < -0.3 is 9.84 Å². The van der Waals surface area contributed by atoms with E-state index < -0.39 is 17.3 Å². The first-order valence-corrected chi connectivity index (χ1v) is 8.40. The minimum absolute atomic E-state index is 0.0629. The number of hydrogen-bond donors (Lipinski definition) is 1. The highest BCUT2D eigenvalue weighted by Crippen LogP contribution is 2.41. The number of carbonyl (C=O) groups is 2. The number of allylic oxidation sites excluding steroid dienone is 1. The molecular formula is C21H21NO4. The molecule has 1 aliphatic rings. The number of aliphatic imine (C=N–C) groups is 1. The van der Waals surface area contributed by atoms with E-state index in [1.807, 2.05) is 42.5 Å². The van der Waals surface area contributed by atoms with Crippen molar-refractivity contribution in [3.8, 4) is 0 Å². The van der Waals surface area contributed by atoms with Gasteiger partial charge in [0.25, 0.3) is 0 Å². The number of aliphatic hydroxyl groups excluding tert-OH is 1. The Morgan fingerprint density at radius 3 is 2.62 bits per heavy atom. The molecule has 0 bridgehead atoms. The predicted molar refractivity (Wildman–Crippen MR) is 101 cm³/mol. The number of esters is 1. The number of fused-ring (bicyclic) bond motifs is 1. The largest absolute Gasteiger partial charge is 0.511 e. The quantitative estimate of drug-likeness (QED) is 0.666. The third-order valence-electron chi connectivity index (χ3n) is 4.76. The van der Waals surface area contributed by atoms with E-state index in [1.54, 1.807) is 13.8 Å². The summed E-state index contributed by atoms with van der Waals surface area (Å²) in [6, 6.07) is 13.6. The molecule has 1 aliphatic carbocycles. The predicted octanol–water partition coefficient (Wildman–Crippen LogP) is 4.14. The third-order valence-corrected chi connectivity index (χ3v) is 4.76. The molecule has 2 aromatic rings. The van der Waals surface area contributed by atoms with E-state index in [-0.39, 0.29) is 23.5 Å². The maximum atomic E-state index is 12.4. The summed E-state index contributed by atoms with van der Waals surface area (Å²) in [6.45, 7) is 3.53. The molecule has 134 valence electrons. The van der Waals surface area contributed by atoms with Gasteiger partial charge in [0.15, 0.2) is 5.78 Å². The van der Waals surface area contributed by atoms with Crippen LogP contribution in [0.5, 0.6) is 0 Å². The summed E-state index contributed by atoms with van der Waals surface area (Å²) in [4.78, 5) is 28.9. The van der Waals surface area contributed by atoms with Gasteiger partial charge in [0.2, 0.25) is 0 Å². The molecule has 0 aromatic heterocycles. The normalized spacial score (nSPS) is 20.0. The molecule has 0 aliphatic heterocycles. The summed E-state index contributed by atoms with van der Waals surface area (Å²) < 4.78 is 4.80. The summed E-state index contributed by atoms with van der Waals surface area (Å²) in [6.07, 6.45) is 1.48. The molecule has 0 radical (unpaired) electrons. The Balaban J connectivity index is 1.98. The topological polar surface area (TPSA) is 76.0 Å². The maximum absolute atomic E-state index is 12.4. The molecule has 0 spiro atoms. The van der Waals surface area contributed by atoms with Crippen LogP contribution in [0.25, 0.3) is 10.8 Å². The van der Waals surface area contributed by atoms with Gasteiger partial charge in [-0.15, -0.1) is 0 Å². The second-order valence-electron chi connectivity index (χ2n) is 7.13. The number of Topliss-reactive ketones (excluding diaryl/α,β-unsaturated/α-hetero) is 1. The summed E-state index contributed by atoms with van der Waals surface area (Å²) in [5.41, 5.74) is 0.0123. The Morgan fingerprint density at radius 1 is 1.23 bits per heavy atom. The minimum Gasteiger partial charge on any atom is -0.511 e. The first kappa shape index (κ1) is 17.9. The van der Waals surface area contributed by atoms with Crippen molar-refractivity contribution in [1.29, 1.82) is 0 Å². The number of hydrogen-bond acceptors (Lipinski definition) is 5. The van der Waals surface area contributed by atoms with Crippen LogP contribution in [-0.4, -0.2) is 30.2 Å². The fourth-order valence-electron chi connectivity index (χ4n) is 3.36.